The molecule has 1 saturated heterocycles. The Hall–Kier alpha value is -2.86. The van der Waals surface area contributed by atoms with Gasteiger partial charge in [0.15, 0.2) is 5.17 Å². The number of benzene rings is 2. The zero-order valence-corrected chi connectivity index (χ0v) is 20.7. The van der Waals surface area contributed by atoms with Gasteiger partial charge in [-0.05, 0) is 81.8 Å². The van der Waals surface area contributed by atoms with Crippen LogP contribution < -0.4 is 4.90 Å². The Labute approximate surface area is 199 Å². The number of hydrogen-bond acceptors (Lipinski definition) is 4. The fraction of sp³-hybridized carbons (Fsp3) is 0.333. The second kappa shape index (κ2) is 9.18. The van der Waals surface area contributed by atoms with Crippen LogP contribution in [0.4, 0.5) is 15.8 Å². The molecule has 6 heteroatoms. The van der Waals surface area contributed by atoms with Gasteiger partial charge in [0.2, 0.25) is 0 Å². The number of rotatable bonds is 5. The molecule has 2 aliphatic heterocycles. The molecule has 0 aromatic heterocycles. The molecule has 0 spiro atoms. The highest BCUT2D eigenvalue weighted by atomic mass is 32.2. The number of anilines is 1. The highest BCUT2D eigenvalue weighted by molar-refractivity contribution is 8.18. The molecule has 0 radical (unpaired) electrons. The first kappa shape index (κ1) is 23.3. The molecule has 1 amide bonds. The Morgan fingerprint density at radius 1 is 1.15 bits per heavy atom. The van der Waals surface area contributed by atoms with E-state index in [9.17, 15) is 4.79 Å². The zero-order valence-electron chi connectivity index (χ0n) is 19.9. The first-order valence-corrected chi connectivity index (χ1v) is 12.2. The van der Waals surface area contributed by atoms with Crippen LogP contribution in [0.3, 0.4) is 0 Å². The van der Waals surface area contributed by atoms with Crippen LogP contribution in [0.15, 0.2) is 58.4 Å². The minimum Gasteiger partial charge on any atom is -0.362 e. The van der Waals surface area contributed by atoms with E-state index in [4.69, 9.17) is 0 Å². The van der Waals surface area contributed by atoms with Gasteiger partial charge in [0.1, 0.15) is 5.82 Å². The second-order valence-electron chi connectivity index (χ2n) is 8.91. The Bertz CT molecular complexity index is 1170. The second-order valence-corrected chi connectivity index (χ2v) is 9.92. The predicted molar refractivity (Wildman–Crippen MR) is 138 cm³/mol. The first-order chi connectivity index (χ1) is 15.7. The number of likely N-dealkylation sites (N-methyl/N-ethyl adjacent to an activating group) is 1. The summed E-state index contributed by atoms with van der Waals surface area (Å²) in [7, 11) is 0. The quantitative estimate of drug-likeness (QED) is 0.454. The number of fused-ring (bicyclic) bond motifs is 1. The van der Waals surface area contributed by atoms with Crippen LogP contribution in [0.25, 0.3) is 11.6 Å². The van der Waals surface area contributed by atoms with Gasteiger partial charge >= 0.3 is 0 Å². The van der Waals surface area contributed by atoms with Gasteiger partial charge in [-0.25, -0.2) is 9.38 Å². The Balaban J connectivity index is 1.73. The number of hydrogen-bond donors (Lipinski definition) is 0. The summed E-state index contributed by atoms with van der Waals surface area (Å²) >= 11 is 1.29. The van der Waals surface area contributed by atoms with E-state index in [1.54, 1.807) is 17.0 Å². The van der Waals surface area contributed by atoms with E-state index in [0.29, 0.717) is 22.2 Å². The van der Waals surface area contributed by atoms with E-state index < -0.39 is 0 Å². The monoisotopic (exact) mass is 463 g/mol. The van der Waals surface area contributed by atoms with Crippen LogP contribution in [0.5, 0.6) is 0 Å². The fourth-order valence-corrected chi connectivity index (χ4v) is 5.54. The van der Waals surface area contributed by atoms with Crippen LogP contribution in [0, 0.1) is 5.82 Å². The summed E-state index contributed by atoms with van der Waals surface area (Å²) < 4.78 is 15.3. The number of halogens is 1. The highest BCUT2D eigenvalue weighted by Gasteiger charge is 2.34. The van der Waals surface area contributed by atoms with Gasteiger partial charge in [0, 0.05) is 29.9 Å². The lowest BCUT2D eigenvalue weighted by Gasteiger charge is -2.43. The van der Waals surface area contributed by atoms with Crippen LogP contribution in [-0.4, -0.2) is 34.6 Å². The number of thioether (sulfide) groups is 1. The largest absolute Gasteiger partial charge is 0.362 e. The van der Waals surface area contributed by atoms with Gasteiger partial charge in [-0.15, -0.1) is 0 Å². The highest BCUT2D eigenvalue weighted by Crippen LogP contribution is 2.41. The maximum atomic E-state index is 15.3. The summed E-state index contributed by atoms with van der Waals surface area (Å²) in [5.41, 5.74) is 4.07. The molecular weight excluding hydrogens is 433 g/mol. The average molecular weight is 464 g/mol. The van der Waals surface area contributed by atoms with Crippen molar-refractivity contribution in [3.05, 3.63) is 70.4 Å². The molecule has 2 heterocycles. The van der Waals surface area contributed by atoms with Gasteiger partial charge < -0.3 is 4.90 Å². The molecule has 1 fully saturated rings. The lowest BCUT2D eigenvalue weighted by Crippen LogP contribution is -2.45. The molecule has 0 aliphatic carbocycles. The van der Waals surface area contributed by atoms with E-state index in [2.05, 4.69) is 43.7 Å². The molecule has 0 bridgehead atoms. The first-order valence-electron chi connectivity index (χ1n) is 11.4. The summed E-state index contributed by atoms with van der Waals surface area (Å²) in [6, 6.07) is 13.0. The van der Waals surface area contributed by atoms with Crippen LogP contribution in [0.2, 0.25) is 0 Å². The topological polar surface area (TPSA) is 35.9 Å². The van der Waals surface area contributed by atoms with Gasteiger partial charge in [0.25, 0.3) is 5.91 Å². The SMILES string of the molecule is CCCN1c2cc(F)c(/C=C3/SC(=Nc4ccccc4)N(CC)C3=O)cc2C(C)=CC1(C)C. The minimum atomic E-state index is -0.322. The number of aliphatic imine (C=N–C) groups is 1. The summed E-state index contributed by atoms with van der Waals surface area (Å²) in [6.45, 7) is 11.8. The van der Waals surface area contributed by atoms with E-state index >= 15 is 4.39 Å². The Morgan fingerprint density at radius 3 is 2.55 bits per heavy atom. The zero-order chi connectivity index (χ0) is 23.8. The van der Waals surface area contributed by atoms with Crippen molar-refractivity contribution in [2.45, 2.75) is 46.6 Å². The van der Waals surface area contributed by atoms with Crippen LogP contribution in [-0.2, 0) is 4.79 Å². The number of allylic oxidation sites excluding steroid dienone is 1. The van der Waals surface area contributed by atoms with Crippen molar-refractivity contribution >= 4 is 45.9 Å². The number of carbonyl (C=O) groups is 1. The van der Waals surface area contributed by atoms with Gasteiger partial charge in [-0.2, -0.15) is 0 Å². The molecule has 0 atom stereocenters. The number of amides is 1. The standard InChI is InChI=1S/C27H30FN3OS/c1-6-13-31-23-16-22(28)19(14-21(23)18(3)17-27(31,4)5)15-24-25(32)30(7-2)26(33-24)29-20-11-9-8-10-12-20/h8-12,14-17H,6-7,13H2,1-5H3/b24-15+,29-26?. The van der Waals surface area contributed by atoms with E-state index in [1.807, 2.05) is 43.3 Å². The van der Waals surface area contributed by atoms with Crippen molar-refractivity contribution in [3.63, 3.8) is 0 Å². The van der Waals surface area contributed by atoms with Gasteiger partial charge in [0.05, 0.1) is 16.1 Å². The molecule has 0 N–H and O–H groups in total. The van der Waals surface area contributed by atoms with Crippen molar-refractivity contribution in [2.75, 3.05) is 18.0 Å². The molecular formula is C27H30FN3OS. The molecule has 4 nitrogen and oxygen atoms in total. The molecule has 172 valence electrons. The number of carbonyl (C=O) groups excluding carboxylic acids is 1. The van der Waals surface area contributed by atoms with E-state index in [0.717, 1.165) is 35.5 Å². The smallest absolute Gasteiger partial charge is 0.266 e. The third-order valence-electron chi connectivity index (χ3n) is 6.02. The maximum Gasteiger partial charge on any atom is 0.266 e. The lowest BCUT2D eigenvalue weighted by atomic mass is 9.87. The fourth-order valence-electron chi connectivity index (χ4n) is 4.48. The molecule has 2 aromatic carbocycles. The molecule has 2 aromatic rings. The molecule has 0 unspecified atom stereocenters. The molecule has 33 heavy (non-hydrogen) atoms. The summed E-state index contributed by atoms with van der Waals surface area (Å²) in [4.78, 5) is 22.1. The number of para-hydroxylation sites is 1. The number of amidine groups is 1. The number of nitrogens with zero attached hydrogens (tertiary/aromatic N) is 3. The van der Waals surface area contributed by atoms with Gasteiger partial charge in [-0.3, -0.25) is 9.69 Å². The maximum absolute atomic E-state index is 15.3. The van der Waals surface area contributed by atoms with E-state index in [1.165, 1.54) is 11.8 Å². The summed E-state index contributed by atoms with van der Waals surface area (Å²) in [6.07, 6.45) is 4.87. The van der Waals surface area contributed by atoms with Crippen molar-refractivity contribution in [1.29, 1.82) is 0 Å². The predicted octanol–water partition coefficient (Wildman–Crippen LogP) is 6.86. The summed E-state index contributed by atoms with van der Waals surface area (Å²) in [5.74, 6) is -0.465. The Kier molecular flexibility index (Phi) is 6.48. The molecule has 0 saturated carbocycles. The van der Waals surface area contributed by atoms with Crippen molar-refractivity contribution in [1.82, 2.24) is 4.90 Å². The third kappa shape index (κ3) is 4.49. The third-order valence-corrected chi connectivity index (χ3v) is 7.02. The molecule has 4 rings (SSSR count). The average Bonchev–Trinajstić information content (AvgIpc) is 3.06. The van der Waals surface area contributed by atoms with Crippen LogP contribution >= 0.6 is 11.8 Å². The molecule has 2 aliphatic rings. The van der Waals surface area contributed by atoms with Crippen molar-refractivity contribution in [3.8, 4) is 0 Å². The summed E-state index contributed by atoms with van der Waals surface area (Å²) in [5, 5.41) is 0.616. The van der Waals surface area contributed by atoms with Crippen molar-refractivity contribution < 1.29 is 9.18 Å². The minimum absolute atomic E-state index is 0.143. The van der Waals surface area contributed by atoms with Gasteiger partial charge in [-0.1, -0.05) is 31.2 Å². The lowest BCUT2D eigenvalue weighted by molar-refractivity contribution is -0.122. The van der Waals surface area contributed by atoms with Crippen molar-refractivity contribution in [2.24, 2.45) is 4.99 Å². The normalized spacial score (nSPS) is 19.9. The van der Waals surface area contributed by atoms with E-state index in [-0.39, 0.29) is 17.3 Å². The van der Waals surface area contributed by atoms with Crippen LogP contribution in [0.1, 0.15) is 52.2 Å². The Morgan fingerprint density at radius 2 is 1.88 bits per heavy atom.